The summed E-state index contributed by atoms with van der Waals surface area (Å²) in [6.07, 6.45) is 5.11. The van der Waals surface area contributed by atoms with Gasteiger partial charge in [0.05, 0.1) is 0 Å². The molecule has 14 heavy (non-hydrogen) atoms. The van der Waals surface area contributed by atoms with E-state index in [1.165, 1.54) is 0 Å². The fourth-order valence-electron chi connectivity index (χ4n) is 0.579. The minimum Gasteiger partial charge on any atom is -0.418 e. The van der Waals surface area contributed by atoms with Crippen LogP contribution >= 0.6 is 0 Å². The molecular formula is C8H7BF4N-. The summed E-state index contributed by atoms with van der Waals surface area (Å²) in [7, 11) is -6.00. The van der Waals surface area contributed by atoms with Crippen LogP contribution in [0.5, 0.6) is 0 Å². The molecule has 0 atom stereocenters. The third-order valence-corrected chi connectivity index (χ3v) is 1.08. The number of nitrogens with two attached hydrogens (primary N) is 1. The molecule has 0 aliphatic carbocycles. The summed E-state index contributed by atoms with van der Waals surface area (Å²) in [6, 6.07) is 7.20. The molecule has 1 nitrogen and oxygen atoms in total. The van der Waals surface area contributed by atoms with Crippen molar-refractivity contribution in [1.29, 1.82) is 0 Å². The number of hydrogen-bond donors (Lipinski definition) is 1. The zero-order valence-corrected chi connectivity index (χ0v) is 7.05. The number of rotatable bonds is 0. The molecule has 0 saturated carbocycles. The smallest absolute Gasteiger partial charge is 0.418 e. The maximum absolute atomic E-state index is 9.75. The second-order valence-corrected chi connectivity index (χ2v) is 2.26. The lowest BCUT2D eigenvalue weighted by molar-refractivity contribution is 0.368. The van der Waals surface area contributed by atoms with Crippen LogP contribution in [0.4, 0.5) is 23.0 Å². The number of halogens is 4. The molecule has 0 amide bonds. The molecule has 2 N–H and O–H groups in total. The largest absolute Gasteiger partial charge is 0.673 e. The van der Waals surface area contributed by atoms with E-state index in [-0.39, 0.29) is 0 Å². The van der Waals surface area contributed by atoms with Crippen LogP contribution in [-0.4, -0.2) is 7.25 Å². The second kappa shape index (κ2) is 5.17. The summed E-state index contributed by atoms with van der Waals surface area (Å²) < 4.78 is 39.0. The van der Waals surface area contributed by atoms with Crippen LogP contribution in [0.2, 0.25) is 0 Å². The first-order valence-corrected chi connectivity index (χ1v) is 3.52. The lowest BCUT2D eigenvalue weighted by Gasteiger charge is -1.94. The Morgan fingerprint density at radius 3 is 1.71 bits per heavy atom. The van der Waals surface area contributed by atoms with Crippen molar-refractivity contribution in [3.05, 3.63) is 29.8 Å². The summed E-state index contributed by atoms with van der Waals surface area (Å²) in [4.78, 5) is 0. The Labute approximate surface area is 79.0 Å². The Morgan fingerprint density at radius 2 is 1.43 bits per heavy atom. The van der Waals surface area contributed by atoms with Crippen LogP contribution in [0, 0.1) is 12.3 Å². The van der Waals surface area contributed by atoms with Crippen molar-refractivity contribution in [2.75, 3.05) is 5.73 Å². The standard InChI is InChI=1S/C8H7N.BF4/c1-2-7-3-5-8(9)6-4-7;2-1(3,4)5/h1,3-6H,9H2;/q;-1. The van der Waals surface area contributed by atoms with Gasteiger partial charge in [0.15, 0.2) is 0 Å². The Hall–Kier alpha value is -1.64. The Balaban J connectivity index is 0.000000292. The molecule has 0 aliphatic rings. The predicted molar refractivity (Wildman–Crippen MR) is 49.0 cm³/mol. The van der Waals surface area contributed by atoms with Crippen molar-refractivity contribution in [2.45, 2.75) is 0 Å². The molecule has 0 unspecified atom stereocenters. The Kier molecular flexibility index (Phi) is 4.57. The van der Waals surface area contributed by atoms with Crippen LogP contribution in [0.25, 0.3) is 0 Å². The first kappa shape index (κ1) is 12.4. The van der Waals surface area contributed by atoms with E-state index in [0.717, 1.165) is 11.3 Å². The third-order valence-electron chi connectivity index (χ3n) is 1.08. The summed E-state index contributed by atoms with van der Waals surface area (Å²) in [5.41, 5.74) is 7.02. The fourth-order valence-corrected chi connectivity index (χ4v) is 0.579. The van der Waals surface area contributed by atoms with Crippen molar-refractivity contribution in [2.24, 2.45) is 0 Å². The Bertz CT molecular complexity index is 306. The maximum Gasteiger partial charge on any atom is 0.673 e. The molecule has 1 aromatic rings. The van der Waals surface area contributed by atoms with E-state index in [2.05, 4.69) is 5.92 Å². The number of benzene rings is 1. The van der Waals surface area contributed by atoms with Crippen molar-refractivity contribution in [3.63, 3.8) is 0 Å². The average Bonchev–Trinajstić information content (AvgIpc) is 2.03. The normalized spacial score (nSPS) is 9.64. The van der Waals surface area contributed by atoms with E-state index < -0.39 is 7.25 Å². The summed E-state index contributed by atoms with van der Waals surface area (Å²) in [5, 5.41) is 0. The van der Waals surface area contributed by atoms with Gasteiger partial charge in [0, 0.05) is 11.3 Å². The van der Waals surface area contributed by atoms with Gasteiger partial charge in [-0.25, -0.2) is 0 Å². The van der Waals surface area contributed by atoms with Gasteiger partial charge in [-0.15, -0.1) is 6.42 Å². The van der Waals surface area contributed by atoms with Gasteiger partial charge in [0.1, 0.15) is 0 Å². The van der Waals surface area contributed by atoms with Gasteiger partial charge < -0.3 is 23.0 Å². The van der Waals surface area contributed by atoms with Crippen molar-refractivity contribution < 1.29 is 17.3 Å². The average molecular weight is 204 g/mol. The van der Waals surface area contributed by atoms with Crippen LogP contribution in [0.3, 0.4) is 0 Å². The van der Waals surface area contributed by atoms with Gasteiger partial charge in [0.2, 0.25) is 0 Å². The first-order valence-electron chi connectivity index (χ1n) is 3.52. The molecule has 0 radical (unpaired) electrons. The predicted octanol–water partition coefficient (Wildman–Crippen LogP) is 2.55. The number of hydrogen-bond acceptors (Lipinski definition) is 1. The van der Waals surface area contributed by atoms with Crippen molar-refractivity contribution >= 4 is 12.9 Å². The van der Waals surface area contributed by atoms with E-state index in [0.29, 0.717) is 0 Å². The molecule has 0 aromatic heterocycles. The highest BCUT2D eigenvalue weighted by atomic mass is 19.5. The molecule has 0 fully saturated rings. The van der Waals surface area contributed by atoms with E-state index in [1.807, 2.05) is 12.1 Å². The van der Waals surface area contributed by atoms with Crippen LogP contribution in [0.1, 0.15) is 5.56 Å². The van der Waals surface area contributed by atoms with Gasteiger partial charge in [-0.05, 0) is 24.3 Å². The topological polar surface area (TPSA) is 26.0 Å². The van der Waals surface area contributed by atoms with E-state index in [1.54, 1.807) is 12.1 Å². The second-order valence-electron chi connectivity index (χ2n) is 2.26. The number of terminal acetylenes is 1. The van der Waals surface area contributed by atoms with Crippen LogP contribution < -0.4 is 5.73 Å². The first-order chi connectivity index (χ1) is 6.33. The molecule has 1 rings (SSSR count). The fraction of sp³-hybridized carbons (Fsp3) is 0. The summed E-state index contributed by atoms with van der Waals surface area (Å²) in [6.45, 7) is 0. The molecule has 76 valence electrons. The minimum absolute atomic E-state index is 0.744. The Morgan fingerprint density at radius 1 is 1.07 bits per heavy atom. The highest BCUT2D eigenvalue weighted by Gasteiger charge is 2.20. The molecule has 6 heteroatoms. The van der Waals surface area contributed by atoms with Gasteiger partial charge >= 0.3 is 7.25 Å². The summed E-state index contributed by atoms with van der Waals surface area (Å²) in [5.74, 6) is 2.50. The van der Waals surface area contributed by atoms with E-state index in [9.17, 15) is 17.3 Å². The zero-order valence-electron chi connectivity index (χ0n) is 7.05. The van der Waals surface area contributed by atoms with E-state index >= 15 is 0 Å². The minimum atomic E-state index is -6.00. The van der Waals surface area contributed by atoms with E-state index in [4.69, 9.17) is 12.2 Å². The highest BCUT2D eigenvalue weighted by Crippen LogP contribution is 2.06. The molecule has 0 bridgehead atoms. The SMILES string of the molecule is C#Cc1ccc(N)cc1.F[B-](F)(F)F. The van der Waals surface area contributed by atoms with Gasteiger partial charge in [0.25, 0.3) is 0 Å². The molecule has 0 saturated heterocycles. The molecular weight excluding hydrogens is 197 g/mol. The van der Waals surface area contributed by atoms with Gasteiger partial charge in [-0.3, -0.25) is 0 Å². The third kappa shape index (κ3) is 8.46. The number of anilines is 1. The quantitative estimate of drug-likeness (QED) is 0.299. The molecule has 1 aromatic carbocycles. The highest BCUT2D eigenvalue weighted by molar-refractivity contribution is 6.50. The molecule has 0 spiro atoms. The lowest BCUT2D eigenvalue weighted by atomic mass is 10.2. The van der Waals surface area contributed by atoms with Crippen LogP contribution in [-0.2, 0) is 0 Å². The molecule has 0 aliphatic heterocycles. The summed E-state index contributed by atoms with van der Waals surface area (Å²) >= 11 is 0. The van der Waals surface area contributed by atoms with Crippen molar-refractivity contribution in [3.8, 4) is 12.3 Å². The van der Waals surface area contributed by atoms with Gasteiger partial charge in [-0.2, -0.15) is 0 Å². The number of nitrogen functional groups attached to an aromatic ring is 1. The lowest BCUT2D eigenvalue weighted by Crippen LogP contribution is -2.02. The van der Waals surface area contributed by atoms with Crippen LogP contribution in [0.15, 0.2) is 24.3 Å². The van der Waals surface area contributed by atoms with Gasteiger partial charge in [-0.1, -0.05) is 5.92 Å². The van der Waals surface area contributed by atoms with Crippen molar-refractivity contribution in [1.82, 2.24) is 0 Å². The monoisotopic (exact) mass is 204 g/mol. The zero-order chi connectivity index (χ0) is 11.2. The maximum atomic E-state index is 9.75. The molecule has 0 heterocycles.